The molecule has 0 spiro atoms. The summed E-state index contributed by atoms with van der Waals surface area (Å²) in [5.41, 5.74) is 5.37. The zero-order chi connectivity index (χ0) is 16.4. The summed E-state index contributed by atoms with van der Waals surface area (Å²) in [6.07, 6.45) is 13.1. The topological polar surface area (TPSA) is 20.2 Å². The second-order valence-electron chi connectivity index (χ2n) is 8.28. The Kier molecular flexibility index (Phi) is 5.34. The molecule has 0 atom stereocenters. The Morgan fingerprint density at radius 3 is 1.78 bits per heavy atom. The van der Waals surface area contributed by atoms with E-state index in [4.69, 9.17) is 0 Å². The van der Waals surface area contributed by atoms with Gasteiger partial charge in [-0.3, -0.25) is 0 Å². The van der Waals surface area contributed by atoms with Gasteiger partial charge in [0.05, 0.1) is 0 Å². The van der Waals surface area contributed by atoms with Crippen molar-refractivity contribution in [3.05, 3.63) is 28.3 Å². The number of hydrogen-bond donors (Lipinski definition) is 1. The van der Waals surface area contributed by atoms with Crippen LogP contribution < -0.4 is 0 Å². The Labute approximate surface area is 142 Å². The van der Waals surface area contributed by atoms with E-state index in [0.29, 0.717) is 23.5 Å². The van der Waals surface area contributed by atoms with Gasteiger partial charge in [0.1, 0.15) is 5.75 Å². The summed E-state index contributed by atoms with van der Waals surface area (Å²) in [5.74, 6) is 2.36. The molecule has 2 aliphatic rings. The molecular weight excluding hydrogens is 280 g/mol. The lowest BCUT2D eigenvalue weighted by Gasteiger charge is -2.31. The molecule has 0 aliphatic heterocycles. The fourth-order valence-corrected chi connectivity index (χ4v) is 5.06. The second-order valence-corrected chi connectivity index (χ2v) is 8.28. The van der Waals surface area contributed by atoms with Gasteiger partial charge in [0.15, 0.2) is 0 Å². The number of hydrogen-bond acceptors (Lipinski definition) is 1. The van der Waals surface area contributed by atoms with E-state index in [1.165, 1.54) is 86.5 Å². The third kappa shape index (κ3) is 3.44. The van der Waals surface area contributed by atoms with Crippen LogP contribution in [0.5, 0.6) is 5.75 Å². The molecule has 0 unspecified atom stereocenters. The number of benzene rings is 1. The maximum absolute atomic E-state index is 11.3. The molecule has 1 heteroatoms. The zero-order valence-corrected chi connectivity index (χ0v) is 15.3. The minimum atomic E-state index is 0.497. The molecule has 1 aromatic rings. The molecule has 3 rings (SSSR count). The first-order valence-electron chi connectivity index (χ1n) is 9.95. The van der Waals surface area contributed by atoms with Crippen molar-refractivity contribution in [2.45, 2.75) is 103 Å². The molecule has 0 aromatic heterocycles. The predicted molar refractivity (Wildman–Crippen MR) is 98.6 cm³/mol. The minimum Gasteiger partial charge on any atom is -0.507 e. The average Bonchev–Trinajstić information content (AvgIpc) is 2.56. The number of aromatic hydroxyl groups is 1. The van der Waals surface area contributed by atoms with Gasteiger partial charge in [0.2, 0.25) is 0 Å². The van der Waals surface area contributed by atoms with Crippen LogP contribution >= 0.6 is 0 Å². The van der Waals surface area contributed by atoms with Gasteiger partial charge >= 0.3 is 0 Å². The highest BCUT2D eigenvalue weighted by Crippen LogP contribution is 2.48. The Morgan fingerprint density at radius 2 is 1.30 bits per heavy atom. The molecule has 0 heterocycles. The Balaban J connectivity index is 2.06. The SMILES string of the molecule is Cc1cc(C(C)C)c(C2CCCCC2)c(O)c1C1CCCCC1. The number of aryl methyl sites for hydroxylation is 1. The van der Waals surface area contributed by atoms with Crippen LogP contribution in [0.25, 0.3) is 0 Å². The van der Waals surface area contributed by atoms with Crippen molar-refractivity contribution < 1.29 is 5.11 Å². The Hall–Kier alpha value is -0.980. The third-order valence-corrected chi connectivity index (χ3v) is 6.27. The standard InChI is InChI=1S/C22H34O/c1-15(2)19-14-16(3)20(17-10-6-4-7-11-17)22(23)21(19)18-12-8-5-9-13-18/h14-15,17-18,23H,4-13H2,1-3H3. The summed E-state index contributed by atoms with van der Waals surface area (Å²) in [4.78, 5) is 0. The zero-order valence-electron chi connectivity index (χ0n) is 15.3. The summed E-state index contributed by atoms with van der Waals surface area (Å²) >= 11 is 0. The van der Waals surface area contributed by atoms with E-state index in [9.17, 15) is 5.11 Å². The molecule has 0 bridgehead atoms. The number of phenols is 1. The maximum Gasteiger partial charge on any atom is 0.123 e. The van der Waals surface area contributed by atoms with E-state index in [-0.39, 0.29) is 0 Å². The van der Waals surface area contributed by atoms with Gasteiger partial charge in [-0.2, -0.15) is 0 Å². The smallest absolute Gasteiger partial charge is 0.123 e. The van der Waals surface area contributed by atoms with Gasteiger partial charge in [-0.1, -0.05) is 58.4 Å². The third-order valence-electron chi connectivity index (χ3n) is 6.27. The van der Waals surface area contributed by atoms with Crippen molar-refractivity contribution in [1.82, 2.24) is 0 Å². The molecule has 1 aromatic carbocycles. The fourth-order valence-electron chi connectivity index (χ4n) is 5.06. The second kappa shape index (κ2) is 7.28. The normalized spacial score (nSPS) is 21.0. The summed E-state index contributed by atoms with van der Waals surface area (Å²) < 4.78 is 0. The monoisotopic (exact) mass is 314 g/mol. The van der Waals surface area contributed by atoms with E-state index < -0.39 is 0 Å². The lowest BCUT2D eigenvalue weighted by atomic mass is 9.74. The Morgan fingerprint density at radius 1 is 0.826 bits per heavy atom. The molecular formula is C22H34O. The lowest BCUT2D eigenvalue weighted by molar-refractivity contribution is 0.389. The van der Waals surface area contributed by atoms with E-state index in [1.54, 1.807) is 0 Å². The Bertz CT molecular complexity index is 531. The lowest BCUT2D eigenvalue weighted by Crippen LogP contribution is -2.13. The van der Waals surface area contributed by atoms with Crippen LogP contribution in [0.4, 0.5) is 0 Å². The molecule has 1 nitrogen and oxygen atoms in total. The van der Waals surface area contributed by atoms with Crippen molar-refractivity contribution in [2.24, 2.45) is 0 Å². The predicted octanol–water partition coefficient (Wildman–Crippen LogP) is 6.92. The molecule has 2 aliphatic carbocycles. The van der Waals surface area contributed by atoms with Gasteiger partial charge in [0, 0.05) is 11.1 Å². The van der Waals surface area contributed by atoms with Crippen molar-refractivity contribution in [2.75, 3.05) is 0 Å². The summed E-state index contributed by atoms with van der Waals surface area (Å²) in [5, 5.41) is 11.3. The number of phenolic OH excluding ortho intramolecular Hbond substituents is 1. The molecule has 1 N–H and O–H groups in total. The highest BCUT2D eigenvalue weighted by molar-refractivity contribution is 5.54. The van der Waals surface area contributed by atoms with Crippen molar-refractivity contribution in [3.63, 3.8) is 0 Å². The quantitative estimate of drug-likeness (QED) is 0.642. The van der Waals surface area contributed by atoms with Crippen LogP contribution in [-0.4, -0.2) is 5.11 Å². The van der Waals surface area contributed by atoms with Crippen LogP contribution in [0.3, 0.4) is 0 Å². The molecule has 2 saturated carbocycles. The average molecular weight is 315 g/mol. The van der Waals surface area contributed by atoms with Crippen LogP contribution in [0, 0.1) is 6.92 Å². The van der Waals surface area contributed by atoms with Crippen LogP contribution in [0.2, 0.25) is 0 Å². The first-order chi connectivity index (χ1) is 11.1. The fraction of sp³-hybridized carbons (Fsp3) is 0.727. The van der Waals surface area contributed by atoms with E-state index in [0.717, 1.165) is 0 Å². The van der Waals surface area contributed by atoms with Crippen LogP contribution in [0.15, 0.2) is 6.07 Å². The molecule has 2 fully saturated rings. The van der Waals surface area contributed by atoms with Gasteiger partial charge < -0.3 is 5.11 Å². The van der Waals surface area contributed by atoms with E-state index in [1.807, 2.05) is 0 Å². The van der Waals surface area contributed by atoms with Crippen molar-refractivity contribution in [3.8, 4) is 5.75 Å². The minimum absolute atomic E-state index is 0.497. The largest absolute Gasteiger partial charge is 0.507 e. The summed E-state index contributed by atoms with van der Waals surface area (Å²) in [6, 6.07) is 2.41. The number of rotatable bonds is 3. The van der Waals surface area contributed by atoms with Gasteiger partial charge in [-0.25, -0.2) is 0 Å². The van der Waals surface area contributed by atoms with Crippen molar-refractivity contribution >= 4 is 0 Å². The first kappa shape index (κ1) is 16.9. The molecule has 128 valence electrons. The first-order valence-corrected chi connectivity index (χ1v) is 9.95. The van der Waals surface area contributed by atoms with Crippen LogP contribution in [-0.2, 0) is 0 Å². The molecule has 23 heavy (non-hydrogen) atoms. The molecule has 0 radical (unpaired) electrons. The van der Waals surface area contributed by atoms with Gasteiger partial charge in [-0.15, -0.1) is 0 Å². The summed E-state index contributed by atoms with van der Waals surface area (Å²) in [6.45, 7) is 6.78. The van der Waals surface area contributed by atoms with Gasteiger partial charge in [0.25, 0.3) is 0 Å². The highest BCUT2D eigenvalue weighted by atomic mass is 16.3. The molecule has 0 amide bonds. The van der Waals surface area contributed by atoms with Crippen molar-refractivity contribution in [1.29, 1.82) is 0 Å². The maximum atomic E-state index is 11.3. The molecule has 0 saturated heterocycles. The van der Waals surface area contributed by atoms with Gasteiger partial charge in [-0.05, 0) is 61.5 Å². The van der Waals surface area contributed by atoms with E-state index >= 15 is 0 Å². The van der Waals surface area contributed by atoms with Crippen LogP contribution in [0.1, 0.15) is 118 Å². The summed E-state index contributed by atoms with van der Waals surface area (Å²) in [7, 11) is 0. The highest BCUT2D eigenvalue weighted by Gasteiger charge is 2.29. The van der Waals surface area contributed by atoms with E-state index in [2.05, 4.69) is 26.8 Å².